The Bertz CT molecular complexity index is 591. The molecule has 1 atom stereocenters. The van der Waals surface area contributed by atoms with E-state index in [1.54, 1.807) is 25.2 Å². The first-order chi connectivity index (χ1) is 9.99. The largest absolute Gasteiger partial charge is 0.353 e. The summed E-state index contributed by atoms with van der Waals surface area (Å²) in [4.78, 5) is 23.0. The molecule has 0 bridgehead atoms. The van der Waals surface area contributed by atoms with E-state index < -0.39 is 0 Å². The van der Waals surface area contributed by atoms with Gasteiger partial charge >= 0.3 is 0 Å². The predicted octanol–water partition coefficient (Wildman–Crippen LogP) is 2.30. The fourth-order valence-corrected chi connectivity index (χ4v) is 2.18. The van der Waals surface area contributed by atoms with Gasteiger partial charge in [0.25, 0.3) is 5.91 Å². The van der Waals surface area contributed by atoms with Crippen molar-refractivity contribution in [1.82, 2.24) is 19.8 Å². The molecule has 0 spiro atoms. The zero-order chi connectivity index (χ0) is 15.4. The third-order valence-electron chi connectivity index (χ3n) is 3.63. The second kappa shape index (κ2) is 6.54. The van der Waals surface area contributed by atoms with Crippen LogP contribution in [0.5, 0.6) is 0 Å². The Kier molecular flexibility index (Phi) is 4.75. The van der Waals surface area contributed by atoms with Crippen LogP contribution in [-0.2, 0) is 6.54 Å². The summed E-state index contributed by atoms with van der Waals surface area (Å²) in [6.45, 7) is 2.89. The van der Waals surface area contributed by atoms with Crippen molar-refractivity contribution in [3.05, 3.63) is 53.6 Å². The van der Waals surface area contributed by atoms with Crippen molar-refractivity contribution in [2.24, 2.45) is 0 Å². The van der Waals surface area contributed by atoms with Crippen molar-refractivity contribution >= 4 is 5.91 Å². The number of rotatable bonds is 5. The zero-order valence-electron chi connectivity index (χ0n) is 13.0. The van der Waals surface area contributed by atoms with E-state index in [2.05, 4.69) is 34.9 Å². The molecule has 0 saturated heterocycles. The van der Waals surface area contributed by atoms with Crippen LogP contribution in [0.25, 0.3) is 0 Å². The maximum absolute atomic E-state index is 11.9. The van der Waals surface area contributed by atoms with Gasteiger partial charge < -0.3 is 9.88 Å². The summed E-state index contributed by atoms with van der Waals surface area (Å²) in [5.41, 5.74) is 2.83. The van der Waals surface area contributed by atoms with E-state index in [9.17, 15) is 4.79 Å². The van der Waals surface area contributed by atoms with Gasteiger partial charge in [-0.05, 0) is 37.7 Å². The van der Waals surface area contributed by atoms with Gasteiger partial charge in [-0.25, -0.2) is 0 Å². The summed E-state index contributed by atoms with van der Waals surface area (Å²) < 4.78 is 0. The van der Waals surface area contributed by atoms with Gasteiger partial charge in [-0.2, -0.15) is 0 Å². The van der Waals surface area contributed by atoms with Crippen LogP contribution >= 0.6 is 0 Å². The molecule has 0 radical (unpaired) electrons. The van der Waals surface area contributed by atoms with E-state index >= 15 is 0 Å². The molecule has 2 rings (SSSR count). The summed E-state index contributed by atoms with van der Waals surface area (Å²) in [6, 6.07) is 8.07. The molecule has 2 heterocycles. The molecule has 112 valence electrons. The number of hydrogen-bond acceptors (Lipinski definition) is 3. The van der Waals surface area contributed by atoms with Gasteiger partial charge in [0, 0.05) is 44.8 Å². The highest BCUT2D eigenvalue weighted by Gasteiger charge is 2.14. The highest BCUT2D eigenvalue weighted by Crippen LogP contribution is 2.19. The molecule has 0 aliphatic heterocycles. The van der Waals surface area contributed by atoms with Crippen molar-refractivity contribution in [2.75, 3.05) is 21.1 Å². The first-order valence-corrected chi connectivity index (χ1v) is 6.98. The summed E-state index contributed by atoms with van der Waals surface area (Å²) in [7, 11) is 5.56. The molecular formula is C16H22N4O. The molecule has 0 aliphatic carbocycles. The van der Waals surface area contributed by atoms with Crippen LogP contribution < -0.4 is 0 Å². The normalized spacial score (nSPS) is 12.4. The van der Waals surface area contributed by atoms with Gasteiger partial charge in [-0.1, -0.05) is 6.07 Å². The van der Waals surface area contributed by atoms with Crippen molar-refractivity contribution in [3.8, 4) is 0 Å². The number of H-pyrrole nitrogens is 1. The molecule has 0 saturated carbocycles. The number of pyridine rings is 1. The van der Waals surface area contributed by atoms with E-state index in [1.807, 2.05) is 24.4 Å². The minimum absolute atomic E-state index is 0.00999. The molecule has 1 N–H and O–H groups in total. The number of hydrogen-bond donors (Lipinski definition) is 1. The Morgan fingerprint density at radius 2 is 2.05 bits per heavy atom. The summed E-state index contributed by atoms with van der Waals surface area (Å²) in [6.07, 6.45) is 3.66. The third-order valence-corrected chi connectivity index (χ3v) is 3.63. The fourth-order valence-electron chi connectivity index (χ4n) is 2.18. The highest BCUT2D eigenvalue weighted by atomic mass is 16.2. The molecular weight excluding hydrogens is 264 g/mol. The highest BCUT2D eigenvalue weighted by molar-refractivity contribution is 5.92. The lowest BCUT2D eigenvalue weighted by Crippen LogP contribution is -2.23. The van der Waals surface area contributed by atoms with Crippen LogP contribution in [0.2, 0.25) is 0 Å². The second-order valence-corrected chi connectivity index (χ2v) is 5.47. The van der Waals surface area contributed by atoms with Gasteiger partial charge in [0.15, 0.2) is 0 Å². The topological polar surface area (TPSA) is 52.2 Å². The maximum Gasteiger partial charge on any atom is 0.269 e. The zero-order valence-corrected chi connectivity index (χ0v) is 13.0. The number of carbonyl (C=O) groups excluding carboxylic acids is 1. The third kappa shape index (κ3) is 3.70. The average molecular weight is 286 g/mol. The van der Waals surface area contributed by atoms with Crippen molar-refractivity contribution in [2.45, 2.75) is 19.5 Å². The van der Waals surface area contributed by atoms with Crippen molar-refractivity contribution in [3.63, 3.8) is 0 Å². The fraction of sp³-hybridized carbons (Fsp3) is 0.375. The second-order valence-electron chi connectivity index (χ2n) is 5.47. The Morgan fingerprint density at radius 1 is 1.29 bits per heavy atom. The summed E-state index contributed by atoms with van der Waals surface area (Å²) in [5, 5.41) is 0. The van der Waals surface area contributed by atoms with Gasteiger partial charge in [0.1, 0.15) is 5.69 Å². The lowest BCUT2D eigenvalue weighted by atomic mass is 10.1. The van der Waals surface area contributed by atoms with Crippen LogP contribution in [0.1, 0.15) is 34.7 Å². The lowest BCUT2D eigenvalue weighted by Gasteiger charge is -2.24. The van der Waals surface area contributed by atoms with Crippen LogP contribution in [-0.4, -0.2) is 46.8 Å². The number of carbonyl (C=O) groups is 1. The Balaban J connectivity index is 2.03. The number of aromatic nitrogens is 2. The van der Waals surface area contributed by atoms with Gasteiger partial charge in [-0.3, -0.25) is 14.7 Å². The van der Waals surface area contributed by atoms with Crippen LogP contribution in [0, 0.1) is 0 Å². The molecule has 2 aromatic rings. The quantitative estimate of drug-likeness (QED) is 0.917. The van der Waals surface area contributed by atoms with E-state index in [-0.39, 0.29) is 11.9 Å². The maximum atomic E-state index is 11.9. The standard InChI is InChI=1S/C16H22N4O/c1-12(13-6-5-9-17-10-13)20(4)11-14-7-8-15(18-14)16(21)19(2)3/h5-10,12,18H,11H2,1-4H3/t12-/m0/s1. The Hall–Kier alpha value is -2.14. The smallest absolute Gasteiger partial charge is 0.269 e. The SMILES string of the molecule is C[C@@H](c1cccnc1)N(C)Cc1ccc(C(=O)N(C)C)[nH]1. The van der Waals surface area contributed by atoms with Crippen LogP contribution in [0.15, 0.2) is 36.7 Å². The molecule has 21 heavy (non-hydrogen) atoms. The molecule has 5 nitrogen and oxygen atoms in total. The number of nitrogens with one attached hydrogen (secondary N) is 1. The lowest BCUT2D eigenvalue weighted by molar-refractivity contribution is 0.0822. The minimum atomic E-state index is -0.00999. The number of amides is 1. The molecule has 0 aliphatic rings. The Labute approximate surface area is 125 Å². The van der Waals surface area contributed by atoms with Crippen molar-refractivity contribution < 1.29 is 4.79 Å². The van der Waals surface area contributed by atoms with E-state index in [0.29, 0.717) is 5.69 Å². The molecule has 5 heteroatoms. The van der Waals surface area contributed by atoms with E-state index in [0.717, 1.165) is 12.2 Å². The number of aromatic amines is 1. The molecule has 1 amide bonds. The molecule has 0 aromatic carbocycles. The van der Waals surface area contributed by atoms with Crippen LogP contribution in [0.3, 0.4) is 0 Å². The average Bonchev–Trinajstić information content (AvgIpc) is 2.94. The number of nitrogens with zero attached hydrogens (tertiary/aromatic N) is 3. The van der Waals surface area contributed by atoms with Gasteiger partial charge in [0.2, 0.25) is 0 Å². The molecule has 0 fully saturated rings. The van der Waals surface area contributed by atoms with Gasteiger partial charge in [-0.15, -0.1) is 0 Å². The van der Waals surface area contributed by atoms with E-state index in [4.69, 9.17) is 0 Å². The Morgan fingerprint density at radius 3 is 2.67 bits per heavy atom. The van der Waals surface area contributed by atoms with Crippen molar-refractivity contribution in [1.29, 1.82) is 0 Å². The first-order valence-electron chi connectivity index (χ1n) is 6.98. The monoisotopic (exact) mass is 286 g/mol. The van der Waals surface area contributed by atoms with Gasteiger partial charge in [0.05, 0.1) is 0 Å². The summed E-state index contributed by atoms with van der Waals surface area (Å²) in [5.74, 6) is -0.00999. The minimum Gasteiger partial charge on any atom is -0.353 e. The van der Waals surface area contributed by atoms with Crippen LogP contribution in [0.4, 0.5) is 0 Å². The molecule has 2 aromatic heterocycles. The first kappa shape index (κ1) is 15.3. The molecule has 0 unspecified atom stereocenters. The predicted molar refractivity (Wildman–Crippen MR) is 82.9 cm³/mol. The van der Waals surface area contributed by atoms with E-state index in [1.165, 1.54) is 5.56 Å². The summed E-state index contributed by atoms with van der Waals surface area (Å²) >= 11 is 0.